The van der Waals surface area contributed by atoms with Crippen LogP contribution in [0.2, 0.25) is 0 Å². The molecule has 1 saturated carbocycles. The summed E-state index contributed by atoms with van der Waals surface area (Å²) in [6, 6.07) is 2.02. The first-order chi connectivity index (χ1) is 8.40. The summed E-state index contributed by atoms with van der Waals surface area (Å²) in [6.07, 6.45) is 0.468. The number of nitrogens with one attached hydrogen (secondary N) is 1. The van der Waals surface area contributed by atoms with Gasteiger partial charge in [0.1, 0.15) is 0 Å². The van der Waals surface area contributed by atoms with Gasteiger partial charge in [0.05, 0.1) is 17.9 Å². The van der Waals surface area contributed by atoms with Crippen LogP contribution in [0.15, 0.2) is 6.07 Å². The average molecular weight is 267 g/mol. The van der Waals surface area contributed by atoms with Crippen LogP contribution in [0.5, 0.6) is 0 Å². The second-order valence-electron chi connectivity index (χ2n) is 4.89. The standard InChI is InChI=1S/C13H17NO3S/c1-6-4-9(8(3)18-6)7(2)14-12(15)10-5-11(10)13(16)17/h4,7,10-11H,5H2,1-3H3,(H,14,15)(H,16,17)/t7-,10+,11+/m0/s1. The molecule has 0 aliphatic heterocycles. The Labute approximate surface area is 110 Å². The van der Waals surface area contributed by atoms with Crippen molar-refractivity contribution in [3.05, 3.63) is 21.4 Å². The quantitative estimate of drug-likeness (QED) is 0.879. The van der Waals surface area contributed by atoms with Crippen molar-refractivity contribution in [1.29, 1.82) is 0 Å². The monoisotopic (exact) mass is 267 g/mol. The summed E-state index contributed by atoms with van der Waals surface area (Å²) in [5.74, 6) is -1.84. The Morgan fingerprint density at radius 3 is 2.56 bits per heavy atom. The van der Waals surface area contributed by atoms with E-state index in [0.29, 0.717) is 6.42 Å². The fraction of sp³-hybridized carbons (Fsp3) is 0.538. The van der Waals surface area contributed by atoms with Gasteiger partial charge in [-0.05, 0) is 38.8 Å². The zero-order chi connectivity index (χ0) is 13.4. The van der Waals surface area contributed by atoms with Gasteiger partial charge in [-0.1, -0.05) is 0 Å². The van der Waals surface area contributed by atoms with E-state index in [1.54, 1.807) is 11.3 Å². The predicted octanol–water partition coefficient (Wildman–Crippen LogP) is 2.26. The van der Waals surface area contributed by atoms with Crippen LogP contribution >= 0.6 is 11.3 Å². The van der Waals surface area contributed by atoms with E-state index in [1.807, 2.05) is 20.8 Å². The number of aliphatic carboxylic acids is 1. The maximum atomic E-state index is 11.9. The smallest absolute Gasteiger partial charge is 0.307 e. The Morgan fingerprint density at radius 1 is 1.44 bits per heavy atom. The fourth-order valence-electron chi connectivity index (χ4n) is 2.24. The highest BCUT2D eigenvalue weighted by Crippen LogP contribution is 2.39. The lowest BCUT2D eigenvalue weighted by Crippen LogP contribution is -2.29. The van der Waals surface area contributed by atoms with E-state index in [9.17, 15) is 9.59 Å². The highest BCUT2D eigenvalue weighted by Gasteiger charge is 2.48. The molecule has 1 aliphatic carbocycles. The Balaban J connectivity index is 1.96. The van der Waals surface area contributed by atoms with Crippen LogP contribution in [0, 0.1) is 25.7 Å². The van der Waals surface area contributed by atoms with Gasteiger partial charge >= 0.3 is 5.97 Å². The summed E-state index contributed by atoms with van der Waals surface area (Å²) >= 11 is 1.71. The van der Waals surface area contributed by atoms with E-state index >= 15 is 0 Å². The molecule has 1 aromatic rings. The Morgan fingerprint density at radius 2 is 2.11 bits per heavy atom. The lowest BCUT2D eigenvalue weighted by atomic mass is 10.1. The molecule has 1 amide bonds. The number of rotatable bonds is 4. The largest absolute Gasteiger partial charge is 0.481 e. The van der Waals surface area contributed by atoms with Crippen LogP contribution < -0.4 is 5.32 Å². The molecule has 2 rings (SSSR count). The van der Waals surface area contributed by atoms with E-state index in [2.05, 4.69) is 11.4 Å². The molecule has 3 atom stereocenters. The summed E-state index contributed by atoms with van der Waals surface area (Å²) < 4.78 is 0. The summed E-state index contributed by atoms with van der Waals surface area (Å²) in [4.78, 5) is 25.0. The van der Waals surface area contributed by atoms with Gasteiger partial charge in [-0.15, -0.1) is 11.3 Å². The molecule has 0 aromatic carbocycles. The SMILES string of the molecule is Cc1cc([C@H](C)NC(=O)[C@@H]2C[C@H]2C(=O)O)c(C)s1. The van der Waals surface area contributed by atoms with Crippen molar-refractivity contribution in [1.82, 2.24) is 5.32 Å². The average Bonchev–Trinajstić information content (AvgIpc) is 2.99. The van der Waals surface area contributed by atoms with E-state index in [0.717, 1.165) is 5.56 Å². The van der Waals surface area contributed by atoms with Crippen molar-refractivity contribution in [2.45, 2.75) is 33.2 Å². The third-order valence-corrected chi connectivity index (χ3v) is 4.33. The molecule has 0 bridgehead atoms. The molecule has 0 spiro atoms. The van der Waals surface area contributed by atoms with E-state index in [4.69, 9.17) is 5.11 Å². The molecule has 4 nitrogen and oxygen atoms in total. The number of carboxylic acid groups (broad SMARTS) is 1. The summed E-state index contributed by atoms with van der Waals surface area (Å²) in [6.45, 7) is 6.01. The van der Waals surface area contributed by atoms with Crippen molar-refractivity contribution in [3.8, 4) is 0 Å². The maximum absolute atomic E-state index is 11.9. The molecule has 0 saturated heterocycles. The Kier molecular flexibility index (Phi) is 3.43. The molecule has 1 aliphatic rings. The first-order valence-electron chi connectivity index (χ1n) is 6.00. The molecule has 1 aromatic heterocycles. The van der Waals surface area contributed by atoms with Crippen LogP contribution in [0.1, 0.15) is 34.7 Å². The molecule has 0 radical (unpaired) electrons. The number of thiophene rings is 1. The summed E-state index contributed by atoms with van der Waals surface area (Å²) in [5, 5.41) is 11.7. The maximum Gasteiger partial charge on any atom is 0.307 e. The Bertz CT molecular complexity index is 494. The van der Waals surface area contributed by atoms with Crippen LogP contribution in [-0.2, 0) is 9.59 Å². The van der Waals surface area contributed by atoms with E-state index in [-0.39, 0.29) is 17.9 Å². The highest BCUT2D eigenvalue weighted by atomic mass is 32.1. The van der Waals surface area contributed by atoms with Gasteiger partial charge in [-0.25, -0.2) is 0 Å². The molecule has 98 valence electrons. The summed E-state index contributed by atoms with van der Waals surface area (Å²) in [7, 11) is 0. The lowest BCUT2D eigenvalue weighted by Gasteiger charge is -2.13. The minimum absolute atomic E-state index is 0.0579. The van der Waals surface area contributed by atoms with Crippen molar-refractivity contribution < 1.29 is 14.7 Å². The minimum Gasteiger partial charge on any atom is -0.481 e. The van der Waals surface area contributed by atoms with Gasteiger partial charge in [0, 0.05) is 9.75 Å². The number of carbonyl (C=O) groups is 2. The normalized spacial score (nSPS) is 23.5. The first kappa shape index (κ1) is 13.1. The van der Waals surface area contributed by atoms with Crippen molar-refractivity contribution in [3.63, 3.8) is 0 Å². The lowest BCUT2D eigenvalue weighted by molar-refractivity contribution is -0.140. The van der Waals surface area contributed by atoms with Gasteiger partial charge in [-0.3, -0.25) is 9.59 Å². The predicted molar refractivity (Wildman–Crippen MR) is 69.6 cm³/mol. The molecular weight excluding hydrogens is 250 g/mol. The van der Waals surface area contributed by atoms with Gasteiger partial charge in [0.15, 0.2) is 0 Å². The number of amides is 1. The highest BCUT2D eigenvalue weighted by molar-refractivity contribution is 7.12. The zero-order valence-corrected chi connectivity index (χ0v) is 11.5. The number of carboxylic acids is 1. The van der Waals surface area contributed by atoms with Crippen molar-refractivity contribution in [2.24, 2.45) is 11.8 Å². The molecular formula is C13H17NO3S. The van der Waals surface area contributed by atoms with Gasteiger partial charge in [0.2, 0.25) is 5.91 Å². The first-order valence-corrected chi connectivity index (χ1v) is 6.82. The van der Waals surface area contributed by atoms with Crippen molar-refractivity contribution >= 4 is 23.2 Å². The number of aryl methyl sites for hydroxylation is 2. The zero-order valence-electron chi connectivity index (χ0n) is 10.7. The molecule has 1 fully saturated rings. The molecule has 18 heavy (non-hydrogen) atoms. The number of hydrogen-bond acceptors (Lipinski definition) is 3. The molecule has 1 heterocycles. The van der Waals surface area contributed by atoms with Crippen LogP contribution in [0.4, 0.5) is 0 Å². The van der Waals surface area contributed by atoms with Crippen molar-refractivity contribution in [2.75, 3.05) is 0 Å². The third kappa shape index (κ3) is 2.56. The van der Waals surface area contributed by atoms with Gasteiger partial charge < -0.3 is 10.4 Å². The topological polar surface area (TPSA) is 66.4 Å². The van der Waals surface area contributed by atoms with Gasteiger partial charge in [-0.2, -0.15) is 0 Å². The second kappa shape index (κ2) is 4.72. The van der Waals surface area contributed by atoms with Crippen LogP contribution in [0.3, 0.4) is 0 Å². The number of hydrogen-bond donors (Lipinski definition) is 2. The molecule has 0 unspecified atom stereocenters. The fourth-order valence-corrected chi connectivity index (χ4v) is 3.26. The number of carbonyl (C=O) groups excluding carboxylic acids is 1. The minimum atomic E-state index is -0.870. The third-order valence-electron chi connectivity index (χ3n) is 3.35. The second-order valence-corrected chi connectivity index (χ2v) is 6.35. The Hall–Kier alpha value is -1.36. The van der Waals surface area contributed by atoms with Crippen LogP contribution in [0.25, 0.3) is 0 Å². The van der Waals surface area contributed by atoms with E-state index in [1.165, 1.54) is 9.75 Å². The van der Waals surface area contributed by atoms with Gasteiger partial charge in [0.25, 0.3) is 0 Å². The molecule has 5 heteroatoms. The summed E-state index contributed by atoms with van der Waals surface area (Å²) in [5.41, 5.74) is 1.12. The molecule has 2 N–H and O–H groups in total. The van der Waals surface area contributed by atoms with E-state index < -0.39 is 11.9 Å². The van der Waals surface area contributed by atoms with Crippen LogP contribution in [-0.4, -0.2) is 17.0 Å².